The summed E-state index contributed by atoms with van der Waals surface area (Å²) in [5.74, 6) is -0.717. The molecule has 8 N–H and O–H groups in total. The summed E-state index contributed by atoms with van der Waals surface area (Å²) in [6.45, 7) is 3.36. The first-order valence-electron chi connectivity index (χ1n) is 21.9. The van der Waals surface area contributed by atoms with E-state index in [-0.39, 0.29) is 12.8 Å². The number of unbranched alkanes of at least 4 members (excludes halogenated alkanes) is 17. The molecule has 0 saturated carbocycles. The molecule has 11 nitrogen and oxygen atoms in total. The molecule has 1 aliphatic heterocycles. The smallest absolute Gasteiger partial charge is 0.249 e. The van der Waals surface area contributed by atoms with Gasteiger partial charge in [0.2, 0.25) is 5.91 Å². The molecule has 55 heavy (non-hydrogen) atoms. The van der Waals surface area contributed by atoms with Crippen LogP contribution in [0.1, 0.15) is 168 Å². The third-order valence-electron chi connectivity index (χ3n) is 10.4. The van der Waals surface area contributed by atoms with E-state index in [4.69, 9.17) is 9.47 Å². The predicted octanol–water partition coefficient (Wildman–Crippen LogP) is 6.44. The van der Waals surface area contributed by atoms with E-state index < -0.39 is 74.2 Å². The summed E-state index contributed by atoms with van der Waals surface area (Å²) in [6.07, 6.45) is 26.4. The second-order valence-electron chi connectivity index (χ2n) is 15.4. The van der Waals surface area contributed by atoms with E-state index in [1.54, 1.807) is 0 Å². The number of aliphatic hydroxyl groups is 7. The van der Waals surface area contributed by atoms with Crippen molar-refractivity contribution < 1.29 is 50.0 Å². The number of hydrogen-bond donors (Lipinski definition) is 8. The average molecular weight is 784 g/mol. The third kappa shape index (κ3) is 24.7. The summed E-state index contributed by atoms with van der Waals surface area (Å²) in [6, 6.07) is -1.19. The van der Waals surface area contributed by atoms with Gasteiger partial charge in [0.05, 0.1) is 25.4 Å². The van der Waals surface area contributed by atoms with Crippen LogP contribution in [0.5, 0.6) is 0 Å². The van der Waals surface area contributed by atoms with Crippen molar-refractivity contribution in [3.63, 3.8) is 0 Å². The lowest BCUT2D eigenvalue weighted by Gasteiger charge is -2.40. The van der Waals surface area contributed by atoms with Crippen LogP contribution >= 0.6 is 0 Å². The maximum Gasteiger partial charge on any atom is 0.249 e. The minimum absolute atomic E-state index is 0.241. The number of nitrogens with one attached hydrogen (secondary N) is 1. The van der Waals surface area contributed by atoms with Crippen LogP contribution in [0.15, 0.2) is 36.5 Å². The maximum atomic E-state index is 13.0. The Balaban J connectivity index is 2.51. The van der Waals surface area contributed by atoms with Gasteiger partial charge in [-0.15, -0.1) is 0 Å². The second-order valence-corrected chi connectivity index (χ2v) is 15.4. The third-order valence-corrected chi connectivity index (χ3v) is 10.4. The van der Waals surface area contributed by atoms with Gasteiger partial charge in [-0.2, -0.15) is 0 Å². The summed E-state index contributed by atoms with van der Waals surface area (Å²) in [5, 5.41) is 75.3. The molecule has 9 unspecified atom stereocenters. The first-order valence-corrected chi connectivity index (χ1v) is 21.9. The molecule has 0 aromatic heterocycles. The monoisotopic (exact) mass is 784 g/mol. The Morgan fingerprint density at radius 1 is 0.618 bits per heavy atom. The largest absolute Gasteiger partial charge is 0.394 e. The molecule has 1 heterocycles. The van der Waals surface area contributed by atoms with E-state index in [1.807, 2.05) is 0 Å². The van der Waals surface area contributed by atoms with Crippen molar-refractivity contribution in [2.75, 3.05) is 13.2 Å². The molecule has 1 saturated heterocycles. The van der Waals surface area contributed by atoms with Crippen molar-refractivity contribution in [2.24, 2.45) is 0 Å². The molecule has 0 radical (unpaired) electrons. The van der Waals surface area contributed by atoms with Crippen LogP contribution in [-0.2, 0) is 14.3 Å². The maximum absolute atomic E-state index is 13.0. The van der Waals surface area contributed by atoms with Gasteiger partial charge in [0.15, 0.2) is 6.29 Å². The Morgan fingerprint density at radius 2 is 1.09 bits per heavy atom. The molecule has 11 heteroatoms. The quantitative estimate of drug-likeness (QED) is 0.0262. The van der Waals surface area contributed by atoms with Gasteiger partial charge in [0, 0.05) is 0 Å². The van der Waals surface area contributed by atoms with Gasteiger partial charge in [-0.25, -0.2) is 0 Å². The predicted molar refractivity (Wildman–Crippen MR) is 219 cm³/mol. The van der Waals surface area contributed by atoms with E-state index in [2.05, 4.69) is 55.6 Å². The lowest BCUT2D eigenvalue weighted by atomic mass is 9.98. The molecule has 0 aliphatic carbocycles. The average Bonchev–Trinajstić information content (AvgIpc) is 3.18. The molecule has 0 bridgehead atoms. The zero-order valence-corrected chi connectivity index (χ0v) is 34.4. The summed E-state index contributed by atoms with van der Waals surface area (Å²) < 4.78 is 11.0. The number of ether oxygens (including phenoxy) is 2. The molecule has 9 atom stereocenters. The number of carbonyl (C=O) groups excluding carboxylic acids is 1. The highest BCUT2D eigenvalue weighted by Crippen LogP contribution is 2.23. The lowest BCUT2D eigenvalue weighted by Crippen LogP contribution is -2.60. The van der Waals surface area contributed by atoms with Gasteiger partial charge < -0.3 is 50.5 Å². The van der Waals surface area contributed by atoms with Gasteiger partial charge in [-0.3, -0.25) is 4.79 Å². The zero-order chi connectivity index (χ0) is 40.5. The lowest BCUT2D eigenvalue weighted by molar-refractivity contribution is -0.303. The second kappa shape index (κ2) is 34.4. The van der Waals surface area contributed by atoms with E-state index in [9.17, 15) is 40.5 Å². The number of allylic oxidation sites excluding steroid dienone is 6. The number of amides is 1. The molecular weight excluding hydrogens is 702 g/mol. The van der Waals surface area contributed by atoms with E-state index in [0.29, 0.717) is 19.3 Å². The number of carbonyl (C=O) groups is 1. The normalized spacial score (nSPS) is 22.8. The fraction of sp³-hybridized carbons (Fsp3) is 0.841. The van der Waals surface area contributed by atoms with Gasteiger partial charge in [0.25, 0.3) is 0 Å². The van der Waals surface area contributed by atoms with Crippen molar-refractivity contribution in [3.8, 4) is 0 Å². The molecule has 322 valence electrons. The molecular formula is C44H81NO10. The Labute approximate surface area is 333 Å². The van der Waals surface area contributed by atoms with E-state index in [1.165, 1.54) is 77.0 Å². The van der Waals surface area contributed by atoms with E-state index >= 15 is 0 Å². The van der Waals surface area contributed by atoms with Crippen molar-refractivity contribution in [1.82, 2.24) is 5.32 Å². The van der Waals surface area contributed by atoms with Crippen LogP contribution in [0.4, 0.5) is 0 Å². The fourth-order valence-corrected chi connectivity index (χ4v) is 6.71. The van der Waals surface area contributed by atoms with Gasteiger partial charge in [-0.05, 0) is 64.2 Å². The minimum Gasteiger partial charge on any atom is -0.394 e. The van der Waals surface area contributed by atoms with Crippen LogP contribution in [0, 0.1) is 0 Å². The Hall–Kier alpha value is -1.67. The molecule has 1 fully saturated rings. The Bertz CT molecular complexity index is 992. The first-order chi connectivity index (χ1) is 26.7. The molecule has 1 amide bonds. The zero-order valence-electron chi connectivity index (χ0n) is 34.4. The molecule has 0 aromatic rings. The van der Waals surface area contributed by atoms with Crippen LogP contribution in [0.3, 0.4) is 0 Å². The number of hydrogen-bond acceptors (Lipinski definition) is 10. The Kier molecular flexibility index (Phi) is 32.1. The first kappa shape index (κ1) is 51.3. The van der Waals surface area contributed by atoms with Crippen molar-refractivity contribution >= 4 is 5.91 Å². The van der Waals surface area contributed by atoms with Crippen molar-refractivity contribution in [1.29, 1.82) is 0 Å². The molecule has 1 aliphatic rings. The van der Waals surface area contributed by atoms with Crippen LogP contribution in [-0.4, -0.2) is 110 Å². The minimum atomic E-state index is -1.67. The fourth-order valence-electron chi connectivity index (χ4n) is 6.71. The van der Waals surface area contributed by atoms with Gasteiger partial charge >= 0.3 is 0 Å². The van der Waals surface area contributed by atoms with Crippen LogP contribution in [0.25, 0.3) is 0 Å². The summed E-state index contributed by atoms with van der Waals surface area (Å²) in [4.78, 5) is 13.0. The van der Waals surface area contributed by atoms with Crippen LogP contribution in [0.2, 0.25) is 0 Å². The van der Waals surface area contributed by atoms with Gasteiger partial charge in [0.1, 0.15) is 36.6 Å². The topological polar surface area (TPSA) is 189 Å². The highest BCUT2D eigenvalue weighted by Gasteiger charge is 2.44. The standard InChI is InChI=1S/C44H81NO10/c1-3-5-7-9-11-13-14-15-16-17-18-19-20-21-22-24-25-27-29-31-36(47)39(49)35(34-54-44-42(52)41(51)40(50)38(33-46)55-44)45-43(53)37(48)32-30-28-26-23-12-10-8-6-4-2/h15-16,19-20,24-25,35-42,44,46-52H,3-14,17-18,21-23,26-34H2,1-2H3,(H,45,53)/b16-15+,20-19+,25-24+. The van der Waals surface area contributed by atoms with Crippen molar-refractivity contribution in [3.05, 3.63) is 36.5 Å². The summed E-state index contributed by atoms with van der Waals surface area (Å²) in [5.41, 5.74) is 0. The van der Waals surface area contributed by atoms with E-state index in [0.717, 1.165) is 44.9 Å². The number of rotatable bonds is 35. The number of aliphatic hydroxyl groups excluding tert-OH is 7. The SMILES string of the molecule is CCCCCCCC/C=C/CC/C=C/CC/C=C/CCCC(O)C(O)C(COC1OC(CO)C(O)C(O)C1O)NC(=O)C(O)CCCCCCCCCCC. The van der Waals surface area contributed by atoms with Crippen LogP contribution < -0.4 is 5.32 Å². The highest BCUT2D eigenvalue weighted by molar-refractivity contribution is 5.80. The molecule has 0 aromatic carbocycles. The van der Waals surface area contributed by atoms with Gasteiger partial charge in [-0.1, -0.05) is 140 Å². The van der Waals surface area contributed by atoms with Crippen molar-refractivity contribution in [2.45, 2.75) is 223 Å². The summed E-state index contributed by atoms with van der Waals surface area (Å²) in [7, 11) is 0. The highest BCUT2D eigenvalue weighted by atomic mass is 16.7. The molecule has 1 rings (SSSR count). The Morgan fingerprint density at radius 3 is 1.62 bits per heavy atom. The summed E-state index contributed by atoms with van der Waals surface area (Å²) >= 11 is 0. The molecule has 0 spiro atoms.